The zero-order chi connectivity index (χ0) is 29.6. The number of hydrogen-bond acceptors (Lipinski definition) is 5. The Labute approximate surface area is 246 Å². The number of anilines is 1. The molecule has 0 spiro atoms. The van der Waals surface area contributed by atoms with E-state index in [2.05, 4.69) is 25.0 Å². The highest BCUT2D eigenvalue weighted by molar-refractivity contribution is 6.31. The zero-order valence-corrected chi connectivity index (χ0v) is 23.4. The van der Waals surface area contributed by atoms with Crippen molar-refractivity contribution in [1.29, 1.82) is 0 Å². The predicted molar refractivity (Wildman–Crippen MR) is 165 cm³/mol. The minimum Gasteiger partial charge on any atom is -0.453 e. The van der Waals surface area contributed by atoms with E-state index in [0.717, 1.165) is 16.8 Å². The summed E-state index contributed by atoms with van der Waals surface area (Å²) in [6.45, 7) is 0. The van der Waals surface area contributed by atoms with Crippen LogP contribution in [0.1, 0.15) is 17.4 Å². The molecule has 6 N–H and O–H groups in total. The molecule has 0 saturated heterocycles. The van der Waals surface area contributed by atoms with E-state index in [1.807, 2.05) is 48.5 Å². The molecule has 0 bridgehead atoms. The molecule has 3 aromatic carbocycles. The van der Waals surface area contributed by atoms with E-state index in [4.69, 9.17) is 23.1 Å². The van der Waals surface area contributed by atoms with Crippen LogP contribution in [0, 0.1) is 0 Å². The largest absolute Gasteiger partial charge is 0.453 e. The fourth-order valence-electron chi connectivity index (χ4n) is 4.61. The fraction of sp³-hybridized carbons (Fsp3) is 0.0968. The number of imidazole rings is 1. The number of nitrogens with zero attached hydrogens (tertiary/aromatic N) is 3. The van der Waals surface area contributed by atoms with Gasteiger partial charge in [-0.25, -0.2) is 14.8 Å². The van der Waals surface area contributed by atoms with E-state index in [-0.39, 0.29) is 11.5 Å². The third-order valence-electron chi connectivity index (χ3n) is 6.61. The molecule has 1 amide bonds. The van der Waals surface area contributed by atoms with Crippen molar-refractivity contribution in [3.8, 4) is 22.4 Å². The first-order valence-electron chi connectivity index (χ1n) is 13.0. The molecule has 0 fully saturated rings. The summed E-state index contributed by atoms with van der Waals surface area (Å²) < 4.78 is 6.29. The predicted octanol–water partition coefficient (Wildman–Crippen LogP) is 5.47. The minimum atomic E-state index is -0.547. The highest BCUT2D eigenvalue weighted by Gasteiger charge is 2.21. The molecule has 0 saturated carbocycles. The number of aromatic nitrogens is 3. The molecule has 0 aliphatic heterocycles. The summed E-state index contributed by atoms with van der Waals surface area (Å²) in [5.74, 6) is 0.516. The van der Waals surface area contributed by atoms with Crippen LogP contribution < -0.4 is 22.3 Å². The molecule has 1 atom stereocenters. The Hall–Kier alpha value is -5.35. The van der Waals surface area contributed by atoms with Crippen LogP contribution >= 0.6 is 11.6 Å². The maximum Gasteiger partial charge on any atom is 0.411 e. The molecular weight excluding hydrogens is 554 g/mol. The van der Waals surface area contributed by atoms with E-state index in [0.29, 0.717) is 39.8 Å². The lowest BCUT2D eigenvalue weighted by atomic mass is 10.0. The first kappa shape index (κ1) is 28.2. The average Bonchev–Trinajstić information content (AvgIpc) is 3.48. The van der Waals surface area contributed by atoms with E-state index < -0.39 is 12.1 Å². The first-order chi connectivity index (χ1) is 20.3. The molecule has 5 rings (SSSR count). The lowest BCUT2D eigenvalue weighted by molar-refractivity contribution is 0.187. The molecule has 0 aliphatic rings. The number of aromatic amines is 1. The van der Waals surface area contributed by atoms with E-state index >= 15 is 0 Å². The molecule has 5 aromatic rings. The van der Waals surface area contributed by atoms with Crippen molar-refractivity contribution >= 4 is 35.0 Å². The van der Waals surface area contributed by atoms with Crippen molar-refractivity contribution in [3.05, 3.63) is 124 Å². The van der Waals surface area contributed by atoms with Crippen LogP contribution in [0.2, 0.25) is 5.02 Å². The van der Waals surface area contributed by atoms with Gasteiger partial charge in [0.2, 0.25) is 0 Å². The number of pyridine rings is 1. The van der Waals surface area contributed by atoms with E-state index in [1.165, 1.54) is 13.2 Å². The smallest absolute Gasteiger partial charge is 0.411 e. The van der Waals surface area contributed by atoms with Crippen molar-refractivity contribution in [2.24, 2.45) is 16.5 Å². The molecule has 0 radical (unpaired) electrons. The van der Waals surface area contributed by atoms with Crippen LogP contribution in [-0.2, 0) is 11.2 Å². The van der Waals surface area contributed by atoms with Crippen molar-refractivity contribution in [3.63, 3.8) is 0 Å². The van der Waals surface area contributed by atoms with E-state index in [1.54, 1.807) is 47.3 Å². The maximum atomic E-state index is 13.6. The molecular formula is C31H28ClN7O3. The van der Waals surface area contributed by atoms with Crippen LogP contribution in [0.15, 0.2) is 107 Å². The van der Waals surface area contributed by atoms with Crippen LogP contribution in [0.25, 0.3) is 22.4 Å². The topological polar surface area (TPSA) is 153 Å². The molecule has 42 heavy (non-hydrogen) atoms. The van der Waals surface area contributed by atoms with Gasteiger partial charge in [-0.05, 0) is 53.1 Å². The minimum absolute atomic E-state index is 0.0992. The van der Waals surface area contributed by atoms with Crippen LogP contribution in [-0.4, -0.2) is 33.7 Å². The second kappa shape index (κ2) is 12.4. The molecule has 10 nitrogen and oxygen atoms in total. The number of carbonyl (C=O) groups excluding carboxylic acids is 1. The number of benzene rings is 3. The molecule has 212 valence electrons. The van der Waals surface area contributed by atoms with Gasteiger partial charge in [0.1, 0.15) is 5.82 Å². The Bertz CT molecular complexity index is 1790. The number of H-pyrrole nitrogens is 1. The summed E-state index contributed by atoms with van der Waals surface area (Å²) in [6.07, 6.45) is 3.43. The fourth-order valence-corrected chi connectivity index (χ4v) is 4.78. The van der Waals surface area contributed by atoms with Crippen LogP contribution in [0.3, 0.4) is 0 Å². The van der Waals surface area contributed by atoms with Gasteiger partial charge >= 0.3 is 6.09 Å². The Morgan fingerprint density at radius 3 is 2.50 bits per heavy atom. The van der Waals surface area contributed by atoms with Gasteiger partial charge in [-0.1, -0.05) is 54.1 Å². The van der Waals surface area contributed by atoms with Crippen LogP contribution in [0.5, 0.6) is 0 Å². The van der Waals surface area contributed by atoms with Gasteiger partial charge in [-0.2, -0.15) is 0 Å². The molecule has 2 heterocycles. The Morgan fingerprint density at radius 2 is 1.81 bits per heavy atom. The normalized spacial score (nSPS) is 11.5. The standard InChI is InChI=1S/C31H28ClN7O3/c1-42-31(41)36-23-10-7-20(8-11-23)26-18-35-29(37-26)27(15-19-5-3-2-4-6-19)39-14-13-21(16-28(39)40)24-17-22(32)9-12-25(24)38-30(33)34/h2-14,16-18,27H,15H2,1H3,(H,35,37)(H,36,41)(H4,33,34,38). The second-order valence-corrected chi connectivity index (χ2v) is 9.88. The summed E-state index contributed by atoms with van der Waals surface area (Å²) in [5.41, 5.74) is 16.0. The second-order valence-electron chi connectivity index (χ2n) is 9.44. The number of carbonyl (C=O) groups is 1. The highest BCUT2D eigenvalue weighted by atomic mass is 35.5. The number of nitrogens with one attached hydrogen (secondary N) is 2. The van der Waals surface area contributed by atoms with Crippen molar-refractivity contribution < 1.29 is 9.53 Å². The molecule has 0 aliphatic carbocycles. The van der Waals surface area contributed by atoms with Gasteiger partial charge in [0.05, 0.1) is 30.7 Å². The van der Waals surface area contributed by atoms with Crippen molar-refractivity contribution in [1.82, 2.24) is 14.5 Å². The monoisotopic (exact) mass is 581 g/mol. The average molecular weight is 582 g/mol. The van der Waals surface area contributed by atoms with Crippen LogP contribution in [0.4, 0.5) is 16.2 Å². The van der Waals surface area contributed by atoms with Gasteiger partial charge in [-0.3, -0.25) is 10.1 Å². The number of amides is 1. The molecule has 1 unspecified atom stereocenters. The lowest BCUT2D eigenvalue weighted by Crippen LogP contribution is -2.27. The number of guanidine groups is 1. The van der Waals surface area contributed by atoms with Gasteiger partial charge in [0.25, 0.3) is 5.56 Å². The van der Waals surface area contributed by atoms with Gasteiger partial charge in [-0.15, -0.1) is 0 Å². The summed E-state index contributed by atoms with van der Waals surface area (Å²) >= 11 is 6.25. The highest BCUT2D eigenvalue weighted by Crippen LogP contribution is 2.33. The SMILES string of the molecule is COC(=O)Nc1ccc(-c2cnc(C(Cc3ccccc3)n3ccc(-c4cc(Cl)ccc4N=C(N)N)cc3=O)[nH]2)cc1. The number of ether oxygens (including phenoxy) is 1. The number of nitrogens with two attached hydrogens (primary N) is 2. The zero-order valence-electron chi connectivity index (χ0n) is 22.6. The lowest BCUT2D eigenvalue weighted by Gasteiger charge is -2.19. The Kier molecular flexibility index (Phi) is 8.35. The number of hydrogen-bond donors (Lipinski definition) is 4. The first-order valence-corrected chi connectivity index (χ1v) is 13.3. The van der Waals surface area contributed by atoms with Crippen molar-refractivity contribution in [2.75, 3.05) is 12.4 Å². The Morgan fingerprint density at radius 1 is 1.05 bits per heavy atom. The molecule has 11 heteroatoms. The van der Waals surface area contributed by atoms with Gasteiger partial charge in [0.15, 0.2) is 5.96 Å². The summed E-state index contributed by atoms with van der Waals surface area (Å²) in [4.78, 5) is 37.4. The molecule has 2 aromatic heterocycles. The summed E-state index contributed by atoms with van der Waals surface area (Å²) in [7, 11) is 1.31. The number of methoxy groups -OCH3 is 1. The third kappa shape index (κ3) is 6.51. The van der Waals surface area contributed by atoms with Crippen molar-refractivity contribution in [2.45, 2.75) is 12.5 Å². The van der Waals surface area contributed by atoms with E-state index in [9.17, 15) is 9.59 Å². The quantitative estimate of drug-likeness (QED) is 0.141. The van der Waals surface area contributed by atoms with Gasteiger partial charge < -0.3 is 25.8 Å². The number of halogens is 1. The third-order valence-corrected chi connectivity index (χ3v) is 6.85. The summed E-state index contributed by atoms with van der Waals surface area (Å²) in [5, 5.41) is 3.12. The number of aliphatic imine (C=N–C) groups is 1. The maximum absolute atomic E-state index is 13.6. The van der Waals surface area contributed by atoms with Gasteiger partial charge in [0, 0.05) is 35.0 Å². The summed E-state index contributed by atoms with van der Waals surface area (Å²) in [6, 6.07) is 25.2. The number of rotatable bonds is 8. The Balaban J connectivity index is 1.51.